The molecule has 2 aromatic carbocycles. The van der Waals surface area contributed by atoms with Gasteiger partial charge in [-0.25, -0.2) is 26.0 Å². The first-order valence-corrected chi connectivity index (χ1v) is 9.11. The zero-order valence-electron chi connectivity index (χ0n) is 13.3. The smallest absolute Gasteiger partial charge is 0.181 e. The van der Waals surface area contributed by atoms with Crippen LogP contribution in [0.1, 0.15) is 5.76 Å². The fourth-order valence-corrected chi connectivity index (χ4v) is 3.43. The van der Waals surface area contributed by atoms with Crippen LogP contribution in [0.25, 0.3) is 22.4 Å². The molecule has 0 N–H and O–H groups in total. The molecule has 0 saturated heterocycles. The number of aromatic nitrogens is 1. The molecular formula is C17H11F4NO3S. The maximum Gasteiger partial charge on any atom is 0.181 e. The lowest BCUT2D eigenvalue weighted by molar-refractivity contribution is 0.332. The van der Waals surface area contributed by atoms with E-state index in [0.29, 0.717) is 6.26 Å². The molecule has 136 valence electrons. The van der Waals surface area contributed by atoms with Crippen molar-refractivity contribution < 1.29 is 30.5 Å². The van der Waals surface area contributed by atoms with Crippen molar-refractivity contribution in [3.63, 3.8) is 0 Å². The van der Waals surface area contributed by atoms with E-state index in [2.05, 4.69) is 5.16 Å². The van der Waals surface area contributed by atoms with Crippen molar-refractivity contribution in [2.24, 2.45) is 0 Å². The van der Waals surface area contributed by atoms with Gasteiger partial charge in [-0.1, -0.05) is 17.3 Å². The van der Waals surface area contributed by atoms with Gasteiger partial charge in [0.05, 0.1) is 5.56 Å². The molecule has 0 aliphatic rings. The summed E-state index contributed by atoms with van der Waals surface area (Å²) in [5.74, 6) is -3.59. The van der Waals surface area contributed by atoms with E-state index in [1.807, 2.05) is 0 Å². The topological polar surface area (TPSA) is 60.2 Å². The van der Waals surface area contributed by atoms with Gasteiger partial charge >= 0.3 is 0 Å². The monoisotopic (exact) mass is 385 g/mol. The molecule has 3 aromatic rings. The summed E-state index contributed by atoms with van der Waals surface area (Å²) in [6.07, 6.45) is 0.665. The van der Waals surface area contributed by atoms with Crippen LogP contribution in [0.2, 0.25) is 0 Å². The number of hydrogen-bond acceptors (Lipinski definition) is 4. The van der Waals surface area contributed by atoms with Crippen LogP contribution in [-0.2, 0) is 16.5 Å². The van der Waals surface area contributed by atoms with Gasteiger partial charge in [-0.15, -0.1) is 0 Å². The van der Waals surface area contributed by atoms with Gasteiger partial charge in [-0.3, -0.25) is 0 Å². The van der Waals surface area contributed by atoms with E-state index in [0.717, 1.165) is 18.2 Å². The summed E-state index contributed by atoms with van der Waals surface area (Å²) in [6, 6.07) is 6.61. The Labute approximate surface area is 146 Å². The molecule has 0 amide bonds. The first-order valence-electron chi connectivity index (χ1n) is 7.22. The van der Waals surface area contributed by atoms with Gasteiger partial charge in [0.15, 0.2) is 22.3 Å². The Morgan fingerprint density at radius 3 is 2.23 bits per heavy atom. The molecule has 0 aliphatic carbocycles. The summed E-state index contributed by atoms with van der Waals surface area (Å²) in [4.78, 5) is -1.09. The second kappa shape index (κ2) is 6.56. The van der Waals surface area contributed by atoms with Crippen molar-refractivity contribution in [1.29, 1.82) is 0 Å². The third-order valence-corrected chi connectivity index (χ3v) is 4.77. The second-order valence-corrected chi connectivity index (χ2v) is 7.47. The SMILES string of the molecule is CS(=O)(=O)c1c(F)cc(-c2c(-c3cccc(F)c3)noc2CF)cc1F. The third-order valence-electron chi connectivity index (χ3n) is 3.64. The minimum absolute atomic E-state index is 0.0249. The van der Waals surface area contributed by atoms with E-state index in [9.17, 15) is 26.0 Å². The highest BCUT2D eigenvalue weighted by atomic mass is 32.2. The highest BCUT2D eigenvalue weighted by Gasteiger charge is 2.25. The van der Waals surface area contributed by atoms with Gasteiger partial charge in [0.1, 0.15) is 28.0 Å². The lowest BCUT2D eigenvalue weighted by Gasteiger charge is -2.08. The minimum atomic E-state index is -4.15. The number of sulfone groups is 1. The normalized spacial score (nSPS) is 11.7. The Bertz CT molecular complexity index is 1070. The van der Waals surface area contributed by atoms with Crippen LogP contribution in [0.5, 0.6) is 0 Å². The minimum Gasteiger partial charge on any atom is -0.357 e. The van der Waals surface area contributed by atoms with Crippen molar-refractivity contribution in [2.75, 3.05) is 6.26 Å². The van der Waals surface area contributed by atoms with Crippen molar-refractivity contribution in [3.8, 4) is 22.4 Å². The summed E-state index contributed by atoms with van der Waals surface area (Å²) >= 11 is 0. The summed E-state index contributed by atoms with van der Waals surface area (Å²) in [5.41, 5.74) is -0.0870. The molecule has 0 bridgehead atoms. The van der Waals surface area contributed by atoms with Crippen molar-refractivity contribution >= 4 is 9.84 Å². The molecule has 0 unspecified atom stereocenters. The summed E-state index contributed by atoms with van der Waals surface area (Å²) < 4.78 is 83.0. The van der Waals surface area contributed by atoms with Crippen LogP contribution in [0, 0.1) is 17.5 Å². The molecule has 1 aromatic heterocycles. The highest BCUT2D eigenvalue weighted by Crippen LogP contribution is 2.37. The molecule has 26 heavy (non-hydrogen) atoms. The average Bonchev–Trinajstić information content (AvgIpc) is 2.96. The quantitative estimate of drug-likeness (QED) is 0.629. The fourth-order valence-electron chi connectivity index (χ4n) is 2.60. The summed E-state index contributed by atoms with van der Waals surface area (Å²) in [7, 11) is -4.15. The molecule has 0 radical (unpaired) electrons. The first-order chi connectivity index (χ1) is 12.2. The Morgan fingerprint density at radius 2 is 1.69 bits per heavy atom. The lowest BCUT2D eigenvalue weighted by Crippen LogP contribution is -2.05. The van der Waals surface area contributed by atoms with Gasteiger partial charge in [-0.05, 0) is 29.8 Å². The van der Waals surface area contributed by atoms with E-state index < -0.39 is 38.9 Å². The highest BCUT2D eigenvalue weighted by molar-refractivity contribution is 7.90. The van der Waals surface area contributed by atoms with E-state index in [4.69, 9.17) is 4.52 Å². The third kappa shape index (κ3) is 3.22. The number of rotatable bonds is 4. The summed E-state index contributed by atoms with van der Waals surface area (Å²) in [5, 5.41) is 3.66. The predicted molar refractivity (Wildman–Crippen MR) is 85.2 cm³/mol. The molecule has 0 saturated carbocycles. The molecule has 0 fully saturated rings. The summed E-state index contributed by atoms with van der Waals surface area (Å²) in [6.45, 7) is -1.13. The molecule has 0 spiro atoms. The number of hydrogen-bond donors (Lipinski definition) is 0. The van der Waals surface area contributed by atoms with Crippen LogP contribution in [0.15, 0.2) is 45.8 Å². The number of nitrogens with zero attached hydrogens (tertiary/aromatic N) is 1. The van der Waals surface area contributed by atoms with E-state index in [1.54, 1.807) is 0 Å². The van der Waals surface area contributed by atoms with Crippen LogP contribution in [0.3, 0.4) is 0 Å². The molecule has 0 atom stereocenters. The molecule has 3 rings (SSSR count). The van der Waals surface area contributed by atoms with Gasteiger partial charge in [0, 0.05) is 11.8 Å². The Balaban J connectivity index is 2.26. The Hall–Kier alpha value is -2.68. The van der Waals surface area contributed by atoms with Crippen molar-refractivity contribution in [3.05, 3.63) is 59.6 Å². The van der Waals surface area contributed by atoms with Crippen LogP contribution in [-0.4, -0.2) is 19.8 Å². The molecule has 0 aliphatic heterocycles. The van der Waals surface area contributed by atoms with Gasteiger partial charge < -0.3 is 4.52 Å². The van der Waals surface area contributed by atoms with E-state index in [1.165, 1.54) is 18.2 Å². The van der Waals surface area contributed by atoms with Gasteiger partial charge in [0.25, 0.3) is 0 Å². The number of alkyl halides is 1. The zero-order valence-corrected chi connectivity index (χ0v) is 14.1. The van der Waals surface area contributed by atoms with Crippen LogP contribution in [0.4, 0.5) is 17.6 Å². The molecular weight excluding hydrogens is 374 g/mol. The Kier molecular flexibility index (Phi) is 4.57. The maximum absolute atomic E-state index is 14.2. The van der Waals surface area contributed by atoms with Crippen molar-refractivity contribution in [2.45, 2.75) is 11.6 Å². The number of halogens is 4. The standard InChI is InChI=1S/C17H11F4NO3S/c1-26(23,24)17-12(20)6-10(7-13(17)21)15-14(8-18)25-22-16(15)9-3-2-4-11(19)5-9/h2-7H,8H2,1H3. The fraction of sp³-hybridized carbons (Fsp3) is 0.118. The van der Waals surface area contributed by atoms with E-state index >= 15 is 0 Å². The average molecular weight is 385 g/mol. The Morgan fingerprint density at radius 1 is 1.04 bits per heavy atom. The molecule has 9 heteroatoms. The first kappa shape index (κ1) is 18.1. The van der Waals surface area contributed by atoms with E-state index in [-0.39, 0.29) is 28.1 Å². The molecule has 1 heterocycles. The molecule has 4 nitrogen and oxygen atoms in total. The van der Waals surface area contributed by atoms with Gasteiger partial charge in [0.2, 0.25) is 0 Å². The van der Waals surface area contributed by atoms with Crippen molar-refractivity contribution in [1.82, 2.24) is 5.16 Å². The van der Waals surface area contributed by atoms with Crippen LogP contribution < -0.4 is 0 Å². The maximum atomic E-state index is 14.2. The van der Waals surface area contributed by atoms with Crippen LogP contribution >= 0.6 is 0 Å². The van der Waals surface area contributed by atoms with Gasteiger partial charge in [-0.2, -0.15) is 0 Å². The zero-order chi connectivity index (χ0) is 19.1. The largest absolute Gasteiger partial charge is 0.357 e. The lowest BCUT2D eigenvalue weighted by atomic mass is 9.99. The number of benzene rings is 2. The second-order valence-electron chi connectivity index (χ2n) is 5.51. The predicted octanol–water partition coefficient (Wildman–Crippen LogP) is 4.30.